The summed E-state index contributed by atoms with van der Waals surface area (Å²) in [6, 6.07) is 106. The highest BCUT2D eigenvalue weighted by atomic mass is 15.1. The zero-order valence-corrected chi connectivity index (χ0v) is 41.8. The van der Waals surface area contributed by atoms with E-state index >= 15 is 0 Å². The van der Waals surface area contributed by atoms with Gasteiger partial charge in [-0.25, -0.2) is 0 Å². The summed E-state index contributed by atoms with van der Waals surface area (Å²) in [7, 11) is 0. The van der Waals surface area contributed by atoms with Gasteiger partial charge in [-0.15, -0.1) is 0 Å². The third-order valence-corrected chi connectivity index (χ3v) is 15.1. The highest BCUT2D eigenvalue weighted by molar-refractivity contribution is 5.97. The topological polar surface area (TPSA) is 6.48 Å². The first kappa shape index (κ1) is 44.7. The van der Waals surface area contributed by atoms with Gasteiger partial charge in [-0.2, -0.15) is 0 Å². The van der Waals surface area contributed by atoms with Crippen LogP contribution >= 0.6 is 0 Å². The molecular formula is C74H50N2. The fourth-order valence-electron chi connectivity index (χ4n) is 11.1. The summed E-state index contributed by atoms with van der Waals surface area (Å²) in [6.07, 6.45) is 4.44. The van der Waals surface area contributed by atoms with E-state index in [1.807, 2.05) is 0 Å². The Balaban J connectivity index is 0.689. The number of benzene rings is 14. The van der Waals surface area contributed by atoms with E-state index in [2.05, 4.69) is 313 Å². The lowest BCUT2D eigenvalue weighted by Gasteiger charge is -2.26. The van der Waals surface area contributed by atoms with Crippen molar-refractivity contribution in [2.24, 2.45) is 0 Å². The summed E-state index contributed by atoms with van der Waals surface area (Å²) in [6.45, 7) is 0. The van der Waals surface area contributed by atoms with Gasteiger partial charge < -0.3 is 9.80 Å². The lowest BCUT2D eigenvalue weighted by molar-refractivity contribution is 1.29. The molecule has 0 radical (unpaired) electrons. The minimum atomic E-state index is 1.11. The Morgan fingerprint density at radius 1 is 0.171 bits per heavy atom. The van der Waals surface area contributed by atoms with Crippen molar-refractivity contribution in [1.29, 1.82) is 0 Å². The summed E-state index contributed by atoms with van der Waals surface area (Å²) >= 11 is 0. The maximum Gasteiger partial charge on any atom is 0.0468 e. The van der Waals surface area contributed by atoms with Gasteiger partial charge in [0.2, 0.25) is 0 Å². The highest BCUT2D eigenvalue weighted by Crippen LogP contribution is 2.41. The molecule has 0 aliphatic heterocycles. The van der Waals surface area contributed by atoms with Gasteiger partial charge >= 0.3 is 0 Å². The molecule has 0 amide bonds. The van der Waals surface area contributed by atoms with Gasteiger partial charge in [-0.1, -0.05) is 206 Å². The Labute approximate surface area is 442 Å². The average Bonchev–Trinajstić information content (AvgIpc) is 3.50. The maximum absolute atomic E-state index is 2.36. The van der Waals surface area contributed by atoms with Crippen LogP contribution in [0.3, 0.4) is 0 Å². The van der Waals surface area contributed by atoms with Gasteiger partial charge in [0.05, 0.1) is 0 Å². The third kappa shape index (κ3) is 8.68. The first-order valence-electron chi connectivity index (χ1n) is 26.1. The fraction of sp³-hybridized carbons (Fsp3) is 0. The molecule has 0 unspecified atom stereocenters. The minimum absolute atomic E-state index is 1.11. The molecule has 0 aliphatic carbocycles. The standard InChI is InChI=1S/C74H50N2/c1-5-13-59-47-71(39-31-53(59)9-1)75(72-40-32-54-10-2-6-14-60(54)48-72)69-35-27-57(28-36-69)65-25-23-63-43-51(19-21-67(63)45-65)17-18-52-20-22-68-46-66(26-24-64(68)44-52)58-29-37-70(38-30-58)76(73-41-33-55-11-3-7-15-61(55)49-73)74-42-34-56-12-4-8-16-62(56)50-74/h1-50H/b18-17+. The Kier molecular flexibility index (Phi) is 11.2. The number of rotatable bonds is 10. The molecule has 356 valence electrons. The minimum Gasteiger partial charge on any atom is -0.310 e. The van der Waals surface area contributed by atoms with E-state index in [1.54, 1.807) is 0 Å². The van der Waals surface area contributed by atoms with Crippen LogP contribution in [-0.2, 0) is 0 Å². The molecule has 14 aromatic rings. The second-order valence-corrected chi connectivity index (χ2v) is 19.9. The number of fused-ring (bicyclic) bond motifs is 6. The number of nitrogens with zero attached hydrogens (tertiary/aromatic N) is 2. The van der Waals surface area contributed by atoms with Gasteiger partial charge in [0.25, 0.3) is 0 Å². The molecule has 0 bridgehead atoms. The van der Waals surface area contributed by atoms with Crippen LogP contribution in [-0.4, -0.2) is 0 Å². The van der Waals surface area contributed by atoms with Gasteiger partial charge in [0.15, 0.2) is 0 Å². The summed E-state index contributed by atoms with van der Waals surface area (Å²) in [4.78, 5) is 4.72. The average molecular weight is 967 g/mol. The number of hydrogen-bond donors (Lipinski definition) is 0. The molecule has 2 nitrogen and oxygen atoms in total. The first-order chi connectivity index (χ1) is 37.6. The lowest BCUT2D eigenvalue weighted by atomic mass is 9.98. The van der Waals surface area contributed by atoms with E-state index in [4.69, 9.17) is 0 Å². The van der Waals surface area contributed by atoms with E-state index in [9.17, 15) is 0 Å². The molecule has 0 N–H and O–H groups in total. The molecule has 14 aromatic carbocycles. The van der Waals surface area contributed by atoms with Crippen LogP contribution in [0.15, 0.2) is 291 Å². The Morgan fingerprint density at radius 3 is 0.737 bits per heavy atom. The zero-order chi connectivity index (χ0) is 50.4. The quantitative estimate of drug-likeness (QED) is 0.126. The molecule has 0 spiro atoms. The molecule has 2 heteroatoms. The summed E-state index contributed by atoms with van der Waals surface area (Å²) < 4.78 is 0. The van der Waals surface area contributed by atoms with Crippen LogP contribution in [0.2, 0.25) is 0 Å². The van der Waals surface area contributed by atoms with Crippen molar-refractivity contribution in [3.05, 3.63) is 302 Å². The second-order valence-electron chi connectivity index (χ2n) is 19.9. The molecule has 0 aliphatic rings. The van der Waals surface area contributed by atoms with E-state index in [-0.39, 0.29) is 0 Å². The summed E-state index contributed by atoms with van der Waals surface area (Å²) in [5, 5.41) is 14.7. The normalized spacial score (nSPS) is 11.6. The Bertz CT molecular complexity index is 4080. The predicted octanol–water partition coefficient (Wildman–Crippen LogP) is 21.0. The van der Waals surface area contributed by atoms with Crippen molar-refractivity contribution in [2.75, 3.05) is 9.80 Å². The molecule has 0 heterocycles. The van der Waals surface area contributed by atoms with Crippen LogP contribution in [0, 0.1) is 0 Å². The molecule has 0 saturated carbocycles. The van der Waals surface area contributed by atoms with Crippen molar-refractivity contribution in [3.8, 4) is 22.3 Å². The van der Waals surface area contributed by atoms with Crippen molar-refractivity contribution in [3.63, 3.8) is 0 Å². The molecule has 14 rings (SSSR count). The lowest BCUT2D eigenvalue weighted by Crippen LogP contribution is -2.09. The Morgan fingerprint density at radius 2 is 0.408 bits per heavy atom. The van der Waals surface area contributed by atoms with E-state index in [0.717, 1.165) is 34.1 Å². The van der Waals surface area contributed by atoms with Crippen LogP contribution in [0.4, 0.5) is 34.1 Å². The number of hydrogen-bond acceptors (Lipinski definition) is 2. The van der Waals surface area contributed by atoms with Crippen LogP contribution < -0.4 is 9.80 Å². The largest absolute Gasteiger partial charge is 0.310 e. The summed E-state index contributed by atoms with van der Waals surface area (Å²) in [5.41, 5.74) is 13.9. The van der Waals surface area contributed by atoms with Crippen molar-refractivity contribution < 1.29 is 0 Å². The number of anilines is 6. The molecule has 0 aromatic heterocycles. The SMILES string of the molecule is C(=C\c1ccc2cc(-c3ccc(N(c4ccc5ccccc5c4)c4ccc5ccccc5c4)cc3)ccc2c1)/c1ccc2cc(-c3ccc(N(c4ccc5ccccc5c4)c4ccc5ccccc5c4)cc3)ccc2c1. The van der Waals surface area contributed by atoms with E-state index < -0.39 is 0 Å². The van der Waals surface area contributed by atoms with Crippen LogP contribution in [0.5, 0.6) is 0 Å². The van der Waals surface area contributed by atoms with Gasteiger partial charge in [-0.3, -0.25) is 0 Å². The maximum atomic E-state index is 2.36. The fourth-order valence-corrected chi connectivity index (χ4v) is 11.1. The van der Waals surface area contributed by atoms with Crippen LogP contribution in [0.1, 0.15) is 11.1 Å². The van der Waals surface area contributed by atoms with Gasteiger partial charge in [-0.05, 0) is 195 Å². The van der Waals surface area contributed by atoms with E-state index in [0.29, 0.717) is 0 Å². The second kappa shape index (κ2) is 19.1. The van der Waals surface area contributed by atoms with Crippen molar-refractivity contribution >= 4 is 111 Å². The summed E-state index contributed by atoms with van der Waals surface area (Å²) in [5.74, 6) is 0. The highest BCUT2D eigenvalue weighted by Gasteiger charge is 2.17. The Hall–Kier alpha value is -10.0. The molecular weight excluding hydrogens is 917 g/mol. The van der Waals surface area contributed by atoms with Gasteiger partial charge in [0.1, 0.15) is 0 Å². The van der Waals surface area contributed by atoms with Crippen molar-refractivity contribution in [1.82, 2.24) is 0 Å². The predicted molar refractivity (Wildman–Crippen MR) is 327 cm³/mol. The third-order valence-electron chi connectivity index (χ3n) is 15.1. The zero-order valence-electron chi connectivity index (χ0n) is 41.8. The molecule has 0 fully saturated rings. The smallest absolute Gasteiger partial charge is 0.0468 e. The molecule has 0 saturated heterocycles. The van der Waals surface area contributed by atoms with Gasteiger partial charge in [0, 0.05) is 34.1 Å². The first-order valence-corrected chi connectivity index (χ1v) is 26.1. The molecule has 0 atom stereocenters. The molecule has 76 heavy (non-hydrogen) atoms. The monoisotopic (exact) mass is 966 g/mol. The van der Waals surface area contributed by atoms with E-state index in [1.165, 1.54) is 98.0 Å². The van der Waals surface area contributed by atoms with Crippen LogP contribution in [0.25, 0.3) is 99.0 Å². The van der Waals surface area contributed by atoms with Crippen molar-refractivity contribution in [2.45, 2.75) is 0 Å².